The summed E-state index contributed by atoms with van der Waals surface area (Å²) in [4.78, 5) is 51.4. The first-order chi connectivity index (χ1) is 20.5. The highest BCUT2D eigenvalue weighted by molar-refractivity contribution is 5.92. The van der Waals surface area contributed by atoms with Crippen LogP contribution in [0.5, 0.6) is 0 Å². The molecule has 1 aliphatic rings. The number of aromatic nitrogens is 2. The lowest BCUT2D eigenvalue weighted by atomic mass is 10.00. The zero-order valence-electron chi connectivity index (χ0n) is 23.5. The largest absolute Gasteiger partial charge is 0.342 e. The van der Waals surface area contributed by atoms with Gasteiger partial charge in [-0.25, -0.2) is 4.98 Å². The number of nitrogens with one attached hydrogen (secondary N) is 2. The number of para-hydroxylation sites is 1. The van der Waals surface area contributed by atoms with E-state index in [2.05, 4.69) is 27.4 Å². The van der Waals surface area contributed by atoms with E-state index in [-0.39, 0.29) is 17.4 Å². The summed E-state index contributed by atoms with van der Waals surface area (Å²) >= 11 is 0. The Kier molecular flexibility index (Phi) is 7.68. The second-order valence-corrected chi connectivity index (χ2v) is 10.9. The minimum atomic E-state index is -0.765. The Morgan fingerprint density at radius 2 is 1.69 bits per heavy atom. The number of hydrogen-bond acceptors (Lipinski definition) is 5. The van der Waals surface area contributed by atoms with E-state index in [1.54, 1.807) is 30.1 Å². The van der Waals surface area contributed by atoms with Gasteiger partial charge in [0.15, 0.2) is 0 Å². The van der Waals surface area contributed by atoms with Crippen LogP contribution in [0.15, 0.2) is 102 Å². The summed E-state index contributed by atoms with van der Waals surface area (Å²) in [6.07, 6.45) is 1.72. The van der Waals surface area contributed by atoms with Gasteiger partial charge in [0.05, 0.1) is 10.9 Å². The van der Waals surface area contributed by atoms with Gasteiger partial charge in [-0.3, -0.25) is 19.4 Å². The van der Waals surface area contributed by atoms with Crippen molar-refractivity contribution in [3.05, 3.63) is 119 Å². The maximum Gasteiger partial charge on any atom is 0.260 e. The zero-order valence-corrected chi connectivity index (χ0v) is 23.5. The molecule has 0 spiro atoms. The summed E-state index contributed by atoms with van der Waals surface area (Å²) in [5.74, 6) is -0.0485. The van der Waals surface area contributed by atoms with Crippen LogP contribution in [0.2, 0.25) is 0 Å². The average molecular weight is 560 g/mol. The van der Waals surface area contributed by atoms with Crippen LogP contribution in [0.25, 0.3) is 21.7 Å². The van der Waals surface area contributed by atoms with Crippen LogP contribution in [0.3, 0.4) is 0 Å². The molecule has 0 bridgehead atoms. The Labute approximate surface area is 244 Å². The van der Waals surface area contributed by atoms with Gasteiger partial charge in [-0.2, -0.15) is 0 Å². The monoisotopic (exact) mass is 559 g/mol. The van der Waals surface area contributed by atoms with Crippen molar-refractivity contribution in [2.24, 2.45) is 0 Å². The van der Waals surface area contributed by atoms with Crippen molar-refractivity contribution in [3.63, 3.8) is 0 Å². The van der Waals surface area contributed by atoms with Crippen molar-refractivity contribution >= 4 is 39.4 Å². The van der Waals surface area contributed by atoms with Gasteiger partial charge in [-0.05, 0) is 46.9 Å². The van der Waals surface area contributed by atoms with Gasteiger partial charge in [0.2, 0.25) is 17.8 Å². The number of hydrogen-bond donors (Lipinski definition) is 2. The number of H-pyrrole nitrogens is 1. The van der Waals surface area contributed by atoms with E-state index in [4.69, 9.17) is 0 Å². The molecule has 8 nitrogen and oxygen atoms in total. The summed E-state index contributed by atoms with van der Waals surface area (Å²) in [5, 5.41) is 5.79. The number of anilines is 1. The number of amides is 2. The lowest BCUT2D eigenvalue weighted by Gasteiger charge is -2.29. The Morgan fingerprint density at radius 1 is 0.952 bits per heavy atom. The van der Waals surface area contributed by atoms with Gasteiger partial charge in [0.1, 0.15) is 12.1 Å². The topological polar surface area (TPSA) is 98.4 Å². The lowest BCUT2D eigenvalue weighted by Crippen LogP contribution is -2.53. The highest BCUT2D eigenvalue weighted by Crippen LogP contribution is 2.24. The van der Waals surface area contributed by atoms with Gasteiger partial charge in [0.25, 0.3) is 5.56 Å². The van der Waals surface area contributed by atoms with Crippen molar-refractivity contribution < 1.29 is 9.59 Å². The Morgan fingerprint density at radius 3 is 2.52 bits per heavy atom. The molecule has 1 aromatic heterocycles. The molecule has 0 saturated carbocycles. The van der Waals surface area contributed by atoms with Gasteiger partial charge in [-0.15, -0.1) is 0 Å². The number of rotatable bonds is 8. The standard InChI is InChI=1S/C34H33N5O3/c1-38(22-23-10-3-2-4-11-23)33(42)29(21-24-17-18-25-12-5-6-13-26(25)20-24)35-32(41)30-16-9-19-39(30)34-36-28-15-8-7-14-27(28)31(40)37-34/h2-8,10-15,17-18,20,29-30H,9,16,19,21-22H2,1H3,(H,35,41)(H,36,37,40). The van der Waals surface area contributed by atoms with Crippen LogP contribution >= 0.6 is 0 Å². The molecule has 2 atom stereocenters. The van der Waals surface area contributed by atoms with Crippen LogP contribution in [0.1, 0.15) is 24.0 Å². The molecule has 212 valence electrons. The van der Waals surface area contributed by atoms with Crippen LogP contribution in [0, 0.1) is 0 Å². The minimum Gasteiger partial charge on any atom is -0.342 e. The van der Waals surface area contributed by atoms with Crippen molar-refractivity contribution in [1.82, 2.24) is 20.2 Å². The molecular weight excluding hydrogens is 526 g/mol. The second-order valence-electron chi connectivity index (χ2n) is 10.9. The van der Waals surface area contributed by atoms with E-state index < -0.39 is 12.1 Å². The van der Waals surface area contributed by atoms with Crippen LogP contribution in [0.4, 0.5) is 5.95 Å². The average Bonchev–Trinajstić information content (AvgIpc) is 3.51. The van der Waals surface area contributed by atoms with Gasteiger partial charge in [0, 0.05) is 26.6 Å². The fraction of sp³-hybridized carbons (Fsp3) is 0.235. The molecule has 2 unspecified atom stereocenters. The third-order valence-corrected chi connectivity index (χ3v) is 7.93. The number of carbonyl (C=O) groups excluding carboxylic acids is 2. The summed E-state index contributed by atoms with van der Waals surface area (Å²) < 4.78 is 0. The molecule has 1 saturated heterocycles. The Balaban J connectivity index is 1.26. The molecule has 5 aromatic rings. The van der Waals surface area contributed by atoms with Gasteiger partial charge >= 0.3 is 0 Å². The quantitative estimate of drug-likeness (QED) is 0.293. The smallest absolute Gasteiger partial charge is 0.260 e. The molecule has 42 heavy (non-hydrogen) atoms. The fourth-order valence-electron chi connectivity index (χ4n) is 5.77. The van der Waals surface area contributed by atoms with Gasteiger partial charge < -0.3 is 15.1 Å². The van der Waals surface area contributed by atoms with E-state index >= 15 is 0 Å². The lowest BCUT2D eigenvalue weighted by molar-refractivity contribution is -0.136. The maximum atomic E-state index is 13.8. The highest BCUT2D eigenvalue weighted by Gasteiger charge is 2.35. The van der Waals surface area contributed by atoms with E-state index in [0.29, 0.717) is 42.8 Å². The van der Waals surface area contributed by atoms with Crippen molar-refractivity contribution in [3.8, 4) is 0 Å². The molecule has 8 heteroatoms. The molecule has 0 radical (unpaired) electrons. The van der Waals surface area contributed by atoms with Crippen LogP contribution < -0.4 is 15.8 Å². The number of likely N-dealkylation sites (N-methyl/N-ethyl adjacent to an activating group) is 1. The van der Waals surface area contributed by atoms with Crippen LogP contribution in [-0.4, -0.2) is 52.4 Å². The third-order valence-electron chi connectivity index (χ3n) is 7.93. The first kappa shape index (κ1) is 27.2. The third kappa shape index (κ3) is 5.74. The van der Waals surface area contributed by atoms with Crippen molar-refractivity contribution in [2.45, 2.75) is 37.9 Å². The predicted octanol–water partition coefficient (Wildman–Crippen LogP) is 4.43. The number of benzene rings is 4. The van der Waals surface area contributed by atoms with E-state index in [9.17, 15) is 14.4 Å². The SMILES string of the molecule is CN(Cc1ccccc1)C(=O)C(Cc1ccc2ccccc2c1)NC(=O)C1CCCN1c1nc2ccccc2c(=O)[nH]1. The second kappa shape index (κ2) is 11.9. The predicted molar refractivity (Wildman–Crippen MR) is 165 cm³/mol. The van der Waals surface area contributed by atoms with Crippen molar-refractivity contribution in [2.75, 3.05) is 18.5 Å². The molecule has 4 aromatic carbocycles. The molecule has 2 heterocycles. The molecule has 2 N–H and O–H groups in total. The zero-order chi connectivity index (χ0) is 29.1. The van der Waals surface area contributed by atoms with Gasteiger partial charge in [-0.1, -0.05) is 84.9 Å². The van der Waals surface area contributed by atoms with Crippen LogP contribution in [-0.2, 0) is 22.6 Å². The number of fused-ring (bicyclic) bond motifs is 2. The minimum absolute atomic E-state index is 0.165. The summed E-state index contributed by atoms with van der Waals surface area (Å²) in [6.45, 7) is 1.01. The molecule has 1 fully saturated rings. The maximum absolute atomic E-state index is 13.8. The molecule has 1 aliphatic heterocycles. The van der Waals surface area contributed by atoms with E-state index in [0.717, 1.165) is 28.3 Å². The van der Waals surface area contributed by atoms with E-state index in [1.807, 2.05) is 71.6 Å². The summed E-state index contributed by atoms with van der Waals surface area (Å²) in [7, 11) is 1.76. The first-order valence-electron chi connectivity index (χ1n) is 14.3. The summed E-state index contributed by atoms with van der Waals surface area (Å²) in [6, 6.07) is 29.8. The number of aromatic amines is 1. The molecular formula is C34H33N5O3. The first-order valence-corrected chi connectivity index (χ1v) is 14.3. The Bertz CT molecular complexity index is 1800. The molecule has 6 rings (SSSR count). The molecule has 2 amide bonds. The van der Waals surface area contributed by atoms with E-state index in [1.165, 1.54) is 0 Å². The highest BCUT2D eigenvalue weighted by atomic mass is 16.2. The molecule has 0 aliphatic carbocycles. The normalized spacial score (nSPS) is 15.5. The number of carbonyl (C=O) groups is 2. The Hall–Kier alpha value is -4.98. The summed E-state index contributed by atoms with van der Waals surface area (Å²) in [5.41, 5.74) is 2.31. The number of nitrogens with zero attached hydrogens (tertiary/aromatic N) is 3. The van der Waals surface area contributed by atoms with Crippen molar-refractivity contribution in [1.29, 1.82) is 0 Å². The fourth-order valence-corrected chi connectivity index (χ4v) is 5.77.